The first-order valence-corrected chi connectivity index (χ1v) is 4.99. The van der Waals surface area contributed by atoms with Crippen LogP contribution in [0.2, 0.25) is 0 Å². The van der Waals surface area contributed by atoms with Gasteiger partial charge >= 0.3 is 6.18 Å². The number of hydrogen-bond donors (Lipinski definition) is 1. The van der Waals surface area contributed by atoms with Crippen molar-refractivity contribution < 1.29 is 18.0 Å². The van der Waals surface area contributed by atoms with E-state index in [-0.39, 0.29) is 18.8 Å². The Labute approximate surface area is 95.0 Å². The van der Waals surface area contributed by atoms with Gasteiger partial charge in [0.15, 0.2) is 5.69 Å². The molecule has 1 aliphatic rings. The number of amides is 1. The molecule has 2 rings (SSSR count). The van der Waals surface area contributed by atoms with E-state index in [1.54, 1.807) is 0 Å². The Kier molecular flexibility index (Phi) is 2.61. The second-order valence-electron chi connectivity index (χ2n) is 3.90. The van der Waals surface area contributed by atoms with Crippen LogP contribution >= 0.6 is 0 Å². The van der Waals surface area contributed by atoms with Gasteiger partial charge in [-0.3, -0.25) is 9.69 Å². The van der Waals surface area contributed by atoms with Gasteiger partial charge in [0.05, 0.1) is 6.04 Å². The number of hydrogen-bond acceptors (Lipinski definition) is 3. The lowest BCUT2D eigenvalue weighted by atomic mass is 10.2. The van der Waals surface area contributed by atoms with Gasteiger partial charge in [-0.1, -0.05) is 0 Å². The van der Waals surface area contributed by atoms with Crippen molar-refractivity contribution in [1.29, 1.82) is 0 Å². The van der Waals surface area contributed by atoms with Crippen molar-refractivity contribution in [2.75, 3.05) is 11.9 Å². The van der Waals surface area contributed by atoms with Crippen molar-refractivity contribution in [3.05, 3.63) is 11.8 Å². The van der Waals surface area contributed by atoms with Crippen molar-refractivity contribution in [2.24, 2.45) is 5.73 Å². The molecule has 5 nitrogen and oxygen atoms in total. The van der Waals surface area contributed by atoms with E-state index < -0.39 is 23.8 Å². The quantitative estimate of drug-likeness (QED) is 0.731. The van der Waals surface area contributed by atoms with Crippen molar-refractivity contribution in [1.82, 2.24) is 9.78 Å². The number of nitrogens with two attached hydrogens (primary N) is 1. The van der Waals surface area contributed by atoms with Crippen LogP contribution < -0.4 is 10.6 Å². The highest BCUT2D eigenvalue weighted by Crippen LogP contribution is 2.31. The molecule has 94 valence electrons. The molecule has 1 atom stereocenters. The molecule has 1 aliphatic heterocycles. The van der Waals surface area contributed by atoms with Crippen LogP contribution in [0.5, 0.6) is 0 Å². The summed E-state index contributed by atoms with van der Waals surface area (Å²) in [4.78, 5) is 12.8. The summed E-state index contributed by atoms with van der Waals surface area (Å²) in [5.41, 5.74) is 4.58. The van der Waals surface area contributed by atoms with Crippen LogP contribution in [-0.4, -0.2) is 28.8 Å². The van der Waals surface area contributed by atoms with Gasteiger partial charge in [-0.15, -0.1) is 0 Å². The maximum absolute atomic E-state index is 12.5. The molecule has 0 saturated carbocycles. The smallest absolute Gasteiger partial charge is 0.320 e. The number of alkyl halides is 3. The molecule has 8 heteroatoms. The molecule has 0 aliphatic carbocycles. The second-order valence-corrected chi connectivity index (χ2v) is 3.90. The largest absolute Gasteiger partial charge is 0.435 e. The van der Waals surface area contributed by atoms with Crippen molar-refractivity contribution in [3.63, 3.8) is 0 Å². The topological polar surface area (TPSA) is 64.2 Å². The number of anilines is 1. The monoisotopic (exact) mass is 248 g/mol. The third kappa shape index (κ3) is 1.99. The first-order valence-electron chi connectivity index (χ1n) is 4.99. The zero-order valence-corrected chi connectivity index (χ0v) is 9.03. The van der Waals surface area contributed by atoms with Crippen LogP contribution in [-0.2, 0) is 17.5 Å². The van der Waals surface area contributed by atoms with Crippen LogP contribution in [0.25, 0.3) is 0 Å². The average Bonchev–Trinajstić information content (AvgIpc) is 2.63. The van der Waals surface area contributed by atoms with Crippen molar-refractivity contribution >= 4 is 11.7 Å². The Hall–Kier alpha value is -1.57. The minimum Gasteiger partial charge on any atom is -0.320 e. The van der Waals surface area contributed by atoms with E-state index >= 15 is 0 Å². The highest BCUT2D eigenvalue weighted by Gasteiger charge is 2.37. The van der Waals surface area contributed by atoms with Crippen LogP contribution in [0.15, 0.2) is 6.07 Å². The first-order chi connectivity index (χ1) is 7.80. The third-order valence-corrected chi connectivity index (χ3v) is 2.69. The summed E-state index contributed by atoms with van der Waals surface area (Å²) in [5.74, 6) is -0.285. The molecule has 2 heterocycles. The Bertz CT molecular complexity index is 454. The molecule has 0 fully saturated rings. The molecule has 0 bridgehead atoms. The highest BCUT2D eigenvalue weighted by atomic mass is 19.4. The molecule has 1 aromatic rings. The maximum Gasteiger partial charge on any atom is 0.435 e. The number of fused-ring (bicyclic) bond motifs is 1. The lowest BCUT2D eigenvalue weighted by molar-refractivity contribution is -0.141. The zero-order chi connectivity index (χ0) is 12.8. The summed E-state index contributed by atoms with van der Waals surface area (Å²) in [6.45, 7) is 0.197. The van der Waals surface area contributed by atoms with Crippen LogP contribution in [0.3, 0.4) is 0 Å². The molecule has 1 amide bonds. The molecular weight excluding hydrogens is 237 g/mol. The van der Waals surface area contributed by atoms with Gasteiger partial charge in [-0.2, -0.15) is 18.3 Å². The SMILES string of the molecule is CN1C(=O)C(N)CCn2nc(C(F)(F)F)cc21. The van der Waals surface area contributed by atoms with E-state index in [0.717, 1.165) is 15.6 Å². The molecular formula is C9H11F3N4O. The number of carbonyl (C=O) groups excluding carboxylic acids is 1. The van der Waals surface area contributed by atoms with Gasteiger partial charge < -0.3 is 5.73 Å². The van der Waals surface area contributed by atoms with E-state index in [4.69, 9.17) is 5.73 Å². The van der Waals surface area contributed by atoms with Gasteiger partial charge in [0.1, 0.15) is 5.82 Å². The standard InChI is InChI=1S/C9H11F3N4O/c1-15-7-4-6(9(10,11)12)14-16(7)3-2-5(13)8(15)17/h4-5H,2-3,13H2,1H3. The number of nitrogens with zero attached hydrogens (tertiary/aromatic N) is 3. The predicted octanol–water partition coefficient (Wildman–Crippen LogP) is 0.596. The summed E-state index contributed by atoms with van der Waals surface area (Å²) < 4.78 is 38.6. The predicted molar refractivity (Wildman–Crippen MR) is 53.2 cm³/mol. The fourth-order valence-electron chi connectivity index (χ4n) is 1.73. The van der Waals surface area contributed by atoms with E-state index in [1.165, 1.54) is 7.05 Å². The fraction of sp³-hybridized carbons (Fsp3) is 0.556. The average molecular weight is 248 g/mol. The zero-order valence-electron chi connectivity index (χ0n) is 9.03. The summed E-state index contributed by atoms with van der Waals surface area (Å²) in [7, 11) is 1.39. The van der Waals surface area contributed by atoms with E-state index in [2.05, 4.69) is 5.10 Å². The highest BCUT2D eigenvalue weighted by molar-refractivity contribution is 5.96. The number of aryl methyl sites for hydroxylation is 1. The summed E-state index contributed by atoms with van der Waals surface area (Å²) in [6.07, 6.45) is -4.24. The van der Waals surface area contributed by atoms with Gasteiger partial charge in [0, 0.05) is 19.7 Å². The lowest BCUT2D eigenvalue weighted by Gasteiger charge is -2.16. The Morgan fingerprint density at radius 3 is 2.76 bits per heavy atom. The van der Waals surface area contributed by atoms with E-state index in [9.17, 15) is 18.0 Å². The Morgan fingerprint density at radius 2 is 2.18 bits per heavy atom. The summed E-state index contributed by atoms with van der Waals surface area (Å²) in [6, 6.07) is 0.159. The summed E-state index contributed by atoms with van der Waals surface area (Å²) >= 11 is 0. The van der Waals surface area contributed by atoms with Crippen LogP contribution in [0, 0.1) is 0 Å². The molecule has 1 aromatic heterocycles. The number of halogens is 3. The van der Waals surface area contributed by atoms with Crippen molar-refractivity contribution in [3.8, 4) is 0 Å². The Balaban J connectivity index is 2.43. The molecule has 2 N–H and O–H groups in total. The van der Waals surface area contributed by atoms with Crippen molar-refractivity contribution in [2.45, 2.75) is 25.2 Å². The number of aromatic nitrogens is 2. The molecule has 0 saturated heterocycles. The van der Waals surface area contributed by atoms with Gasteiger partial charge in [-0.05, 0) is 6.42 Å². The lowest BCUT2D eigenvalue weighted by Crippen LogP contribution is -2.40. The van der Waals surface area contributed by atoms with Crippen LogP contribution in [0.4, 0.5) is 19.0 Å². The van der Waals surface area contributed by atoms with E-state index in [1.807, 2.05) is 0 Å². The maximum atomic E-state index is 12.5. The molecule has 0 spiro atoms. The van der Waals surface area contributed by atoms with E-state index in [0.29, 0.717) is 0 Å². The number of rotatable bonds is 0. The first kappa shape index (κ1) is 11.9. The number of likely N-dealkylation sites (N-methyl/N-ethyl adjacent to an activating group) is 1. The Morgan fingerprint density at radius 1 is 1.53 bits per heavy atom. The minimum atomic E-state index is -4.51. The molecule has 0 aromatic carbocycles. The van der Waals surface area contributed by atoms with Crippen LogP contribution in [0.1, 0.15) is 12.1 Å². The molecule has 17 heavy (non-hydrogen) atoms. The van der Waals surface area contributed by atoms with Gasteiger partial charge in [0.2, 0.25) is 5.91 Å². The van der Waals surface area contributed by atoms with Gasteiger partial charge in [0.25, 0.3) is 0 Å². The number of carbonyl (C=O) groups is 1. The molecule has 0 radical (unpaired) electrons. The molecule has 1 unspecified atom stereocenters. The fourth-order valence-corrected chi connectivity index (χ4v) is 1.73. The second kappa shape index (κ2) is 3.73. The minimum absolute atomic E-state index is 0.121. The van der Waals surface area contributed by atoms with Gasteiger partial charge in [-0.25, -0.2) is 4.68 Å². The normalized spacial score (nSPS) is 21.4. The third-order valence-electron chi connectivity index (χ3n) is 2.69. The summed E-state index contributed by atoms with van der Waals surface area (Å²) in [5, 5.41) is 3.44.